The van der Waals surface area contributed by atoms with Gasteiger partial charge in [-0.1, -0.05) is 25.0 Å². The van der Waals surface area contributed by atoms with E-state index < -0.39 is 17.3 Å². The van der Waals surface area contributed by atoms with Crippen molar-refractivity contribution in [3.05, 3.63) is 35.6 Å². The first-order valence-electron chi connectivity index (χ1n) is 7.45. The van der Waals surface area contributed by atoms with E-state index in [-0.39, 0.29) is 24.1 Å². The largest absolute Gasteiger partial charge is 0.376 e. The molecular formula is C16H21FN2O3. The highest BCUT2D eigenvalue weighted by Crippen LogP contribution is 2.21. The number of rotatable bonds is 5. The number of amides is 2. The number of hydrogen-bond acceptors (Lipinski definition) is 3. The second kappa shape index (κ2) is 6.87. The molecule has 1 aliphatic rings. The zero-order valence-corrected chi connectivity index (χ0v) is 12.6. The molecule has 1 saturated carbocycles. The normalized spacial score (nSPS) is 17.8. The molecule has 2 rings (SSSR count). The van der Waals surface area contributed by atoms with E-state index in [0.29, 0.717) is 0 Å². The van der Waals surface area contributed by atoms with Gasteiger partial charge in [-0.15, -0.1) is 0 Å². The van der Waals surface area contributed by atoms with Gasteiger partial charge in [0, 0.05) is 6.04 Å². The Bertz CT molecular complexity index is 537. The average Bonchev–Trinajstić information content (AvgIpc) is 2.98. The fourth-order valence-corrected chi connectivity index (χ4v) is 2.59. The van der Waals surface area contributed by atoms with Gasteiger partial charge < -0.3 is 15.7 Å². The van der Waals surface area contributed by atoms with Crippen LogP contribution >= 0.6 is 0 Å². The van der Waals surface area contributed by atoms with Crippen molar-refractivity contribution in [1.29, 1.82) is 0 Å². The van der Waals surface area contributed by atoms with Gasteiger partial charge in [0.25, 0.3) is 5.91 Å². The highest BCUT2D eigenvalue weighted by molar-refractivity contribution is 5.89. The van der Waals surface area contributed by atoms with Crippen LogP contribution in [0.4, 0.5) is 4.39 Å². The summed E-state index contributed by atoms with van der Waals surface area (Å²) in [5.41, 5.74) is -1.55. The van der Waals surface area contributed by atoms with Crippen LogP contribution in [0.15, 0.2) is 24.3 Å². The Hall–Kier alpha value is -1.95. The molecule has 0 unspecified atom stereocenters. The molecule has 0 aromatic heterocycles. The Morgan fingerprint density at radius 2 is 1.86 bits per heavy atom. The van der Waals surface area contributed by atoms with Gasteiger partial charge in [-0.25, -0.2) is 4.39 Å². The number of carbonyl (C=O) groups is 2. The quantitative estimate of drug-likeness (QED) is 0.765. The number of hydrogen-bond donors (Lipinski definition) is 3. The number of nitrogens with one attached hydrogen (secondary N) is 2. The minimum Gasteiger partial charge on any atom is -0.376 e. The molecule has 22 heavy (non-hydrogen) atoms. The fraction of sp³-hybridized carbons (Fsp3) is 0.500. The predicted octanol–water partition coefficient (Wildman–Crippen LogP) is 1.21. The average molecular weight is 308 g/mol. The third-order valence-electron chi connectivity index (χ3n) is 3.98. The van der Waals surface area contributed by atoms with Crippen LogP contribution < -0.4 is 10.6 Å². The first-order valence-corrected chi connectivity index (χ1v) is 7.45. The topological polar surface area (TPSA) is 78.4 Å². The van der Waals surface area contributed by atoms with Gasteiger partial charge in [-0.3, -0.25) is 9.59 Å². The van der Waals surface area contributed by atoms with Crippen molar-refractivity contribution in [2.45, 2.75) is 44.2 Å². The summed E-state index contributed by atoms with van der Waals surface area (Å²) >= 11 is 0. The van der Waals surface area contributed by atoms with Crippen LogP contribution in [0, 0.1) is 5.82 Å². The summed E-state index contributed by atoms with van der Waals surface area (Å²) < 4.78 is 12.9. The summed E-state index contributed by atoms with van der Waals surface area (Å²) in [6.07, 6.45) is 4.15. The zero-order valence-electron chi connectivity index (χ0n) is 12.6. The Morgan fingerprint density at radius 1 is 1.27 bits per heavy atom. The first-order chi connectivity index (χ1) is 10.4. The van der Waals surface area contributed by atoms with Crippen molar-refractivity contribution < 1.29 is 19.1 Å². The third kappa shape index (κ3) is 4.04. The Labute approximate surface area is 128 Å². The first kappa shape index (κ1) is 16.4. The van der Waals surface area contributed by atoms with Gasteiger partial charge >= 0.3 is 0 Å². The lowest BCUT2D eigenvalue weighted by Gasteiger charge is -2.23. The Kier molecular flexibility index (Phi) is 5.13. The molecule has 1 aromatic carbocycles. The zero-order chi connectivity index (χ0) is 16.2. The molecule has 0 saturated heterocycles. The van der Waals surface area contributed by atoms with E-state index in [2.05, 4.69) is 10.6 Å². The molecular weight excluding hydrogens is 287 g/mol. The highest BCUT2D eigenvalue weighted by Gasteiger charge is 2.32. The minimum absolute atomic E-state index is 0.182. The molecule has 0 bridgehead atoms. The van der Waals surface area contributed by atoms with Crippen LogP contribution in [-0.2, 0) is 15.2 Å². The second-order valence-electron chi connectivity index (χ2n) is 5.81. The second-order valence-corrected chi connectivity index (χ2v) is 5.81. The Morgan fingerprint density at radius 3 is 2.45 bits per heavy atom. The monoisotopic (exact) mass is 308 g/mol. The van der Waals surface area contributed by atoms with Crippen LogP contribution in [0.5, 0.6) is 0 Å². The standard InChI is InChI=1S/C16H21FN2O3/c1-16(22,11-6-8-12(17)9-7-11)15(21)18-10-14(20)19-13-4-2-3-5-13/h6-9,13,22H,2-5,10H2,1H3,(H,18,21)(H,19,20)/t16-/m1/s1. The summed E-state index contributed by atoms with van der Waals surface area (Å²) in [6.45, 7) is 1.12. The lowest BCUT2D eigenvalue weighted by Crippen LogP contribution is -2.47. The lowest BCUT2D eigenvalue weighted by molar-refractivity contribution is -0.140. The number of benzene rings is 1. The van der Waals surface area contributed by atoms with E-state index in [0.717, 1.165) is 25.7 Å². The molecule has 0 spiro atoms. The Balaban J connectivity index is 1.87. The summed E-state index contributed by atoms with van der Waals surface area (Å²) in [5.74, 6) is -1.41. The molecule has 2 amide bonds. The lowest BCUT2D eigenvalue weighted by atomic mass is 9.95. The van der Waals surface area contributed by atoms with E-state index in [1.54, 1.807) is 0 Å². The molecule has 0 heterocycles. The minimum atomic E-state index is -1.82. The third-order valence-corrected chi connectivity index (χ3v) is 3.98. The van der Waals surface area contributed by atoms with E-state index >= 15 is 0 Å². The van der Waals surface area contributed by atoms with Crippen LogP contribution in [0.3, 0.4) is 0 Å². The van der Waals surface area contributed by atoms with Gasteiger partial charge in [-0.2, -0.15) is 0 Å². The van der Waals surface area contributed by atoms with Crippen molar-refractivity contribution >= 4 is 11.8 Å². The molecule has 5 nitrogen and oxygen atoms in total. The van der Waals surface area contributed by atoms with Gasteiger partial charge in [0.05, 0.1) is 6.54 Å². The van der Waals surface area contributed by atoms with Gasteiger partial charge in [0.15, 0.2) is 5.60 Å². The highest BCUT2D eigenvalue weighted by atomic mass is 19.1. The summed E-state index contributed by atoms with van der Waals surface area (Å²) in [4.78, 5) is 23.8. The van der Waals surface area contributed by atoms with E-state index in [1.807, 2.05) is 0 Å². The van der Waals surface area contributed by atoms with Crippen molar-refractivity contribution in [2.75, 3.05) is 6.54 Å². The van der Waals surface area contributed by atoms with Crippen molar-refractivity contribution in [3.63, 3.8) is 0 Å². The van der Waals surface area contributed by atoms with Crippen LogP contribution in [-0.4, -0.2) is 29.5 Å². The van der Waals surface area contributed by atoms with E-state index in [9.17, 15) is 19.1 Å². The molecule has 1 atom stereocenters. The number of halogens is 1. The van der Waals surface area contributed by atoms with Gasteiger partial charge in [0.1, 0.15) is 5.82 Å². The molecule has 3 N–H and O–H groups in total. The number of aliphatic hydroxyl groups is 1. The van der Waals surface area contributed by atoms with Crippen LogP contribution in [0.2, 0.25) is 0 Å². The molecule has 1 fully saturated rings. The number of carbonyl (C=O) groups excluding carboxylic acids is 2. The summed E-state index contributed by atoms with van der Waals surface area (Å²) in [7, 11) is 0. The fourth-order valence-electron chi connectivity index (χ4n) is 2.59. The maximum absolute atomic E-state index is 12.9. The van der Waals surface area contributed by atoms with Crippen LogP contribution in [0.1, 0.15) is 38.2 Å². The van der Waals surface area contributed by atoms with E-state index in [1.165, 1.54) is 31.2 Å². The molecule has 0 aliphatic heterocycles. The van der Waals surface area contributed by atoms with Crippen LogP contribution in [0.25, 0.3) is 0 Å². The van der Waals surface area contributed by atoms with Gasteiger partial charge in [0.2, 0.25) is 5.91 Å². The smallest absolute Gasteiger partial charge is 0.256 e. The van der Waals surface area contributed by atoms with Gasteiger partial charge in [-0.05, 0) is 37.5 Å². The molecule has 6 heteroatoms. The predicted molar refractivity (Wildman–Crippen MR) is 79.4 cm³/mol. The molecule has 1 aliphatic carbocycles. The maximum Gasteiger partial charge on any atom is 0.256 e. The summed E-state index contributed by atoms with van der Waals surface area (Å²) in [5, 5.41) is 15.5. The summed E-state index contributed by atoms with van der Waals surface area (Å²) in [6, 6.07) is 5.21. The maximum atomic E-state index is 12.9. The van der Waals surface area contributed by atoms with E-state index in [4.69, 9.17) is 0 Å². The molecule has 1 aromatic rings. The van der Waals surface area contributed by atoms with Crippen molar-refractivity contribution in [2.24, 2.45) is 0 Å². The molecule has 120 valence electrons. The van der Waals surface area contributed by atoms with Crippen molar-refractivity contribution in [1.82, 2.24) is 10.6 Å². The molecule has 0 radical (unpaired) electrons. The van der Waals surface area contributed by atoms with Crippen molar-refractivity contribution in [3.8, 4) is 0 Å². The SMILES string of the molecule is C[C@](O)(C(=O)NCC(=O)NC1CCCC1)c1ccc(F)cc1.